The van der Waals surface area contributed by atoms with Crippen molar-refractivity contribution in [2.75, 3.05) is 13.2 Å². The number of allylic oxidation sites excluding steroid dienone is 8. The van der Waals surface area contributed by atoms with E-state index in [0.29, 0.717) is 19.3 Å². The van der Waals surface area contributed by atoms with Gasteiger partial charge in [-0.25, -0.2) is 0 Å². The van der Waals surface area contributed by atoms with Gasteiger partial charge in [0.1, 0.15) is 13.2 Å². The first-order valence-electron chi connectivity index (χ1n) is 36.1. The lowest BCUT2D eigenvalue weighted by Crippen LogP contribution is -2.30. The van der Waals surface area contributed by atoms with E-state index in [1.54, 1.807) is 0 Å². The molecule has 0 rings (SSSR count). The SMILES string of the molecule is CCCCCC/C=C\CCCCCCCC(=O)OCC(COC(=O)CCCCCCCCCCCCCCCCCCC/C=C\C/C=C\CCCCCCC)OC(=O)CCCCCCCCCCC/C=C\CCCCCCCCCC. The Morgan fingerprint density at radius 1 is 0.247 bits per heavy atom. The van der Waals surface area contributed by atoms with E-state index in [9.17, 15) is 14.4 Å². The van der Waals surface area contributed by atoms with E-state index >= 15 is 0 Å². The van der Waals surface area contributed by atoms with Gasteiger partial charge in [0.05, 0.1) is 0 Å². The number of carbonyl (C=O) groups is 3. The highest BCUT2D eigenvalue weighted by atomic mass is 16.6. The maximum atomic E-state index is 12.9. The van der Waals surface area contributed by atoms with E-state index in [0.717, 1.165) is 70.6 Å². The summed E-state index contributed by atoms with van der Waals surface area (Å²) in [6, 6.07) is 0. The van der Waals surface area contributed by atoms with Gasteiger partial charge in [-0.3, -0.25) is 14.4 Å². The van der Waals surface area contributed by atoms with Gasteiger partial charge in [0.2, 0.25) is 0 Å². The first kappa shape index (κ1) is 78.4. The van der Waals surface area contributed by atoms with Gasteiger partial charge in [0.15, 0.2) is 6.10 Å². The monoisotopic (exact) mass is 1140 g/mol. The fraction of sp³-hybridized carbons (Fsp3) is 0.853. The quantitative estimate of drug-likeness (QED) is 0.0261. The molecule has 0 saturated carbocycles. The number of ether oxygens (including phenoxy) is 3. The van der Waals surface area contributed by atoms with Crippen LogP contribution in [0.25, 0.3) is 0 Å². The van der Waals surface area contributed by atoms with Gasteiger partial charge in [-0.05, 0) is 103 Å². The van der Waals surface area contributed by atoms with E-state index in [1.807, 2.05) is 0 Å². The Kier molecular flexibility index (Phi) is 67.6. The smallest absolute Gasteiger partial charge is 0.306 e. The molecule has 0 radical (unpaired) electrons. The molecule has 0 aliphatic carbocycles. The van der Waals surface area contributed by atoms with Crippen LogP contribution in [-0.4, -0.2) is 37.2 Å². The second-order valence-corrected chi connectivity index (χ2v) is 24.5. The van der Waals surface area contributed by atoms with Crippen molar-refractivity contribution in [1.29, 1.82) is 0 Å². The van der Waals surface area contributed by atoms with Crippen molar-refractivity contribution in [2.45, 2.75) is 399 Å². The van der Waals surface area contributed by atoms with Crippen LogP contribution in [0.1, 0.15) is 393 Å². The standard InChI is InChI=1S/C75H138O6/c1-4-7-10-13-16-19-22-25-27-29-31-33-34-35-36-37-38-39-40-42-43-45-47-50-53-56-59-62-65-68-74(77)80-71-72(70-79-73(76)67-64-61-58-55-52-49-24-21-18-15-12-9-6-3)81-75(78)69-66-63-60-57-54-51-48-46-44-41-32-30-28-26-23-20-17-14-11-8-5-2/h21-22,24-25,29-32,72H,4-20,23,26-28,33-71H2,1-3H3/b24-21-,25-22-,31-29-,32-30-. The van der Waals surface area contributed by atoms with E-state index in [-0.39, 0.29) is 31.1 Å². The van der Waals surface area contributed by atoms with Crippen molar-refractivity contribution < 1.29 is 28.6 Å². The van der Waals surface area contributed by atoms with Gasteiger partial charge >= 0.3 is 17.9 Å². The molecule has 0 aliphatic heterocycles. The third-order valence-electron chi connectivity index (χ3n) is 16.3. The summed E-state index contributed by atoms with van der Waals surface area (Å²) in [6.07, 6.45) is 88.6. The average molecular weight is 1140 g/mol. The number of hydrogen-bond acceptors (Lipinski definition) is 6. The molecule has 0 aromatic rings. The molecule has 0 spiro atoms. The molecular weight excluding hydrogens is 997 g/mol. The Hall–Kier alpha value is -2.63. The third kappa shape index (κ3) is 68.0. The summed E-state index contributed by atoms with van der Waals surface area (Å²) in [6.45, 7) is 6.67. The predicted octanol–water partition coefficient (Wildman–Crippen LogP) is 24.9. The van der Waals surface area contributed by atoms with Gasteiger partial charge < -0.3 is 14.2 Å². The molecule has 0 N–H and O–H groups in total. The van der Waals surface area contributed by atoms with E-state index in [1.165, 1.54) is 283 Å². The van der Waals surface area contributed by atoms with E-state index < -0.39 is 6.10 Å². The molecule has 0 aromatic carbocycles. The van der Waals surface area contributed by atoms with Crippen LogP contribution in [0.3, 0.4) is 0 Å². The third-order valence-corrected chi connectivity index (χ3v) is 16.3. The Morgan fingerprint density at radius 3 is 0.704 bits per heavy atom. The van der Waals surface area contributed by atoms with Crippen LogP contribution in [0.2, 0.25) is 0 Å². The normalized spacial score (nSPS) is 12.3. The lowest BCUT2D eigenvalue weighted by atomic mass is 10.0. The molecule has 0 heterocycles. The zero-order chi connectivity index (χ0) is 58.5. The van der Waals surface area contributed by atoms with E-state index in [2.05, 4.69) is 69.4 Å². The van der Waals surface area contributed by atoms with Crippen molar-refractivity contribution in [3.8, 4) is 0 Å². The van der Waals surface area contributed by atoms with Crippen LogP contribution >= 0.6 is 0 Å². The Bertz CT molecular complexity index is 1400. The highest BCUT2D eigenvalue weighted by Gasteiger charge is 2.19. The summed E-state index contributed by atoms with van der Waals surface area (Å²) in [7, 11) is 0. The summed E-state index contributed by atoms with van der Waals surface area (Å²) in [4.78, 5) is 38.4. The molecule has 1 unspecified atom stereocenters. The van der Waals surface area contributed by atoms with Crippen LogP contribution in [0, 0.1) is 0 Å². The predicted molar refractivity (Wildman–Crippen MR) is 353 cm³/mol. The minimum atomic E-state index is -0.777. The number of hydrogen-bond donors (Lipinski definition) is 0. The summed E-state index contributed by atoms with van der Waals surface area (Å²) in [5.41, 5.74) is 0. The zero-order valence-electron chi connectivity index (χ0n) is 54.6. The van der Waals surface area contributed by atoms with Gasteiger partial charge in [0, 0.05) is 19.3 Å². The Morgan fingerprint density at radius 2 is 0.444 bits per heavy atom. The number of unbranched alkanes of at least 4 members (excludes halogenated alkanes) is 48. The molecule has 0 aromatic heterocycles. The molecule has 474 valence electrons. The molecule has 6 heteroatoms. The zero-order valence-corrected chi connectivity index (χ0v) is 54.6. The lowest BCUT2D eigenvalue weighted by molar-refractivity contribution is -0.167. The van der Waals surface area contributed by atoms with Crippen molar-refractivity contribution in [3.05, 3.63) is 48.6 Å². The first-order chi connectivity index (χ1) is 40.0. The van der Waals surface area contributed by atoms with Crippen molar-refractivity contribution in [3.63, 3.8) is 0 Å². The number of esters is 3. The summed E-state index contributed by atoms with van der Waals surface area (Å²) in [5, 5.41) is 0. The number of carbonyl (C=O) groups excluding carboxylic acids is 3. The summed E-state index contributed by atoms with van der Waals surface area (Å²) >= 11 is 0. The van der Waals surface area contributed by atoms with Crippen molar-refractivity contribution in [1.82, 2.24) is 0 Å². The van der Waals surface area contributed by atoms with Crippen LogP contribution in [0.5, 0.6) is 0 Å². The van der Waals surface area contributed by atoms with Gasteiger partial charge in [-0.1, -0.05) is 320 Å². The minimum absolute atomic E-state index is 0.0725. The molecule has 0 bridgehead atoms. The summed E-state index contributed by atoms with van der Waals surface area (Å²) < 4.78 is 17.0. The molecular formula is C75H138O6. The molecule has 1 atom stereocenters. The van der Waals surface area contributed by atoms with Crippen LogP contribution in [0.15, 0.2) is 48.6 Å². The average Bonchev–Trinajstić information content (AvgIpc) is 3.46. The fourth-order valence-electron chi connectivity index (χ4n) is 10.8. The Labute approximate surface area is 505 Å². The molecule has 81 heavy (non-hydrogen) atoms. The lowest BCUT2D eigenvalue weighted by Gasteiger charge is -2.18. The first-order valence-corrected chi connectivity index (χ1v) is 36.1. The Balaban J connectivity index is 4.21. The topological polar surface area (TPSA) is 78.9 Å². The van der Waals surface area contributed by atoms with Gasteiger partial charge in [0.25, 0.3) is 0 Å². The maximum absolute atomic E-state index is 12.9. The molecule has 0 saturated heterocycles. The van der Waals surface area contributed by atoms with Crippen LogP contribution in [0.4, 0.5) is 0 Å². The second-order valence-electron chi connectivity index (χ2n) is 24.5. The maximum Gasteiger partial charge on any atom is 0.306 e. The highest BCUT2D eigenvalue weighted by molar-refractivity contribution is 5.71. The van der Waals surface area contributed by atoms with Crippen molar-refractivity contribution >= 4 is 17.9 Å². The van der Waals surface area contributed by atoms with E-state index in [4.69, 9.17) is 14.2 Å². The molecule has 6 nitrogen and oxygen atoms in total. The van der Waals surface area contributed by atoms with Crippen LogP contribution in [-0.2, 0) is 28.6 Å². The molecule has 0 fully saturated rings. The largest absolute Gasteiger partial charge is 0.462 e. The minimum Gasteiger partial charge on any atom is -0.462 e. The van der Waals surface area contributed by atoms with Gasteiger partial charge in [-0.15, -0.1) is 0 Å². The highest BCUT2D eigenvalue weighted by Crippen LogP contribution is 2.18. The van der Waals surface area contributed by atoms with Crippen molar-refractivity contribution in [2.24, 2.45) is 0 Å². The van der Waals surface area contributed by atoms with Crippen LogP contribution < -0.4 is 0 Å². The van der Waals surface area contributed by atoms with Gasteiger partial charge in [-0.2, -0.15) is 0 Å². The fourth-order valence-corrected chi connectivity index (χ4v) is 10.8. The summed E-state index contributed by atoms with van der Waals surface area (Å²) in [5.74, 6) is -0.858. The molecule has 0 amide bonds. The second kappa shape index (κ2) is 69.9. The molecule has 0 aliphatic rings. The number of rotatable bonds is 67.